The molecule has 2 aromatic rings. The molecule has 1 aliphatic carbocycles. The maximum Gasteiger partial charge on any atom is 0.255 e. The van der Waals surface area contributed by atoms with Crippen molar-refractivity contribution in [2.75, 3.05) is 18.4 Å². The maximum absolute atomic E-state index is 12.4. The second-order valence-corrected chi connectivity index (χ2v) is 7.02. The molecule has 3 rings (SSSR count). The Morgan fingerprint density at radius 3 is 2.36 bits per heavy atom. The first-order chi connectivity index (χ1) is 13.6. The summed E-state index contributed by atoms with van der Waals surface area (Å²) in [5, 5.41) is 11.7. The molecule has 6 heteroatoms. The van der Waals surface area contributed by atoms with Gasteiger partial charge in [0.1, 0.15) is 0 Å². The van der Waals surface area contributed by atoms with Crippen LogP contribution in [0, 0.1) is 17.2 Å². The number of nitriles is 1. The number of carbonyl (C=O) groups excluding carboxylic acids is 2. The van der Waals surface area contributed by atoms with E-state index in [1.807, 2.05) is 35.2 Å². The summed E-state index contributed by atoms with van der Waals surface area (Å²) in [5.74, 6) is 0.168. The molecule has 0 saturated heterocycles. The van der Waals surface area contributed by atoms with E-state index in [4.69, 9.17) is 11.0 Å². The first-order valence-electron chi connectivity index (χ1n) is 9.50. The highest BCUT2D eigenvalue weighted by Crippen LogP contribution is 2.31. The second-order valence-electron chi connectivity index (χ2n) is 7.02. The number of benzene rings is 2. The third-order valence-corrected chi connectivity index (χ3v) is 4.73. The van der Waals surface area contributed by atoms with Gasteiger partial charge in [0, 0.05) is 30.3 Å². The van der Waals surface area contributed by atoms with Crippen LogP contribution in [0.3, 0.4) is 0 Å². The third-order valence-electron chi connectivity index (χ3n) is 4.73. The number of hydrogen-bond donors (Lipinski definition) is 2. The van der Waals surface area contributed by atoms with Crippen LogP contribution in [0.15, 0.2) is 48.5 Å². The average molecular weight is 376 g/mol. The van der Waals surface area contributed by atoms with Crippen LogP contribution in [0.25, 0.3) is 0 Å². The van der Waals surface area contributed by atoms with Gasteiger partial charge in [-0.15, -0.1) is 0 Å². The van der Waals surface area contributed by atoms with E-state index in [2.05, 4.69) is 5.32 Å². The second kappa shape index (κ2) is 9.16. The maximum atomic E-state index is 12.4. The fourth-order valence-corrected chi connectivity index (χ4v) is 2.95. The lowest BCUT2D eigenvalue weighted by molar-refractivity contribution is -0.133. The van der Waals surface area contributed by atoms with Crippen molar-refractivity contribution in [2.24, 2.45) is 11.7 Å². The number of carbonyl (C=O) groups is 2. The Labute approximate surface area is 164 Å². The van der Waals surface area contributed by atoms with Crippen molar-refractivity contribution in [3.63, 3.8) is 0 Å². The highest BCUT2D eigenvalue weighted by Gasteiger charge is 2.33. The fraction of sp³-hybridized carbons (Fsp3) is 0.318. The van der Waals surface area contributed by atoms with Crippen LogP contribution in [0.2, 0.25) is 0 Å². The normalized spacial score (nSPS) is 12.9. The highest BCUT2D eigenvalue weighted by atomic mass is 16.2. The number of nitrogens with one attached hydrogen (secondary N) is 1. The smallest absolute Gasteiger partial charge is 0.255 e. The lowest BCUT2D eigenvalue weighted by atomic mass is 10.1. The van der Waals surface area contributed by atoms with Gasteiger partial charge in [0.05, 0.1) is 11.6 Å². The van der Waals surface area contributed by atoms with E-state index in [9.17, 15) is 9.59 Å². The minimum Gasteiger partial charge on any atom is -0.338 e. The van der Waals surface area contributed by atoms with Gasteiger partial charge >= 0.3 is 0 Å². The summed E-state index contributed by atoms with van der Waals surface area (Å²) < 4.78 is 0. The van der Waals surface area contributed by atoms with E-state index in [1.165, 1.54) is 0 Å². The molecule has 2 amide bonds. The zero-order chi connectivity index (χ0) is 19.9. The molecule has 0 aromatic heterocycles. The van der Waals surface area contributed by atoms with Crippen molar-refractivity contribution in [3.8, 4) is 6.07 Å². The van der Waals surface area contributed by atoms with Gasteiger partial charge in [-0.2, -0.15) is 5.26 Å². The molecular weight excluding hydrogens is 352 g/mol. The average Bonchev–Trinajstić information content (AvgIpc) is 3.57. The Kier molecular flexibility index (Phi) is 6.41. The quantitative estimate of drug-likeness (QED) is 0.740. The number of rotatable bonds is 8. The zero-order valence-corrected chi connectivity index (χ0v) is 15.7. The molecule has 0 bridgehead atoms. The highest BCUT2D eigenvalue weighted by molar-refractivity contribution is 6.04. The third kappa shape index (κ3) is 5.18. The van der Waals surface area contributed by atoms with Crippen LogP contribution >= 0.6 is 0 Å². The first-order valence-corrected chi connectivity index (χ1v) is 9.50. The number of nitrogens with two attached hydrogens (primary N) is 1. The standard InChI is InChI=1S/C22H24N4O2/c23-12-1-13-26(22(28)19-8-9-19)15-17-4-10-20(11-5-17)25-21(27)18-6-2-16(14-24)3-7-18/h2-7,10-11,19H,1,8-9,12-13,15,23H2,(H,25,27). The number of anilines is 1. The van der Waals surface area contributed by atoms with Crippen LogP contribution in [0.5, 0.6) is 0 Å². The van der Waals surface area contributed by atoms with E-state index < -0.39 is 0 Å². The van der Waals surface area contributed by atoms with Gasteiger partial charge in [0.15, 0.2) is 0 Å². The molecule has 28 heavy (non-hydrogen) atoms. The Morgan fingerprint density at radius 2 is 1.79 bits per heavy atom. The summed E-state index contributed by atoms with van der Waals surface area (Å²) in [4.78, 5) is 26.6. The molecule has 144 valence electrons. The topological polar surface area (TPSA) is 99.2 Å². The van der Waals surface area contributed by atoms with Crippen LogP contribution in [-0.2, 0) is 11.3 Å². The van der Waals surface area contributed by atoms with Gasteiger partial charge < -0.3 is 16.0 Å². The van der Waals surface area contributed by atoms with Crippen LogP contribution in [0.4, 0.5) is 5.69 Å². The monoisotopic (exact) mass is 376 g/mol. The molecule has 2 aromatic carbocycles. The molecular formula is C22H24N4O2. The summed E-state index contributed by atoms with van der Waals surface area (Å²) in [6.07, 6.45) is 2.76. The first kappa shape index (κ1) is 19.6. The Morgan fingerprint density at radius 1 is 1.11 bits per heavy atom. The van der Waals surface area contributed by atoms with Crippen molar-refractivity contribution < 1.29 is 9.59 Å². The molecule has 1 saturated carbocycles. The van der Waals surface area contributed by atoms with Gasteiger partial charge in [0.25, 0.3) is 5.91 Å². The number of amides is 2. The molecule has 0 atom stereocenters. The molecule has 6 nitrogen and oxygen atoms in total. The number of hydrogen-bond acceptors (Lipinski definition) is 4. The Bertz CT molecular complexity index is 865. The summed E-state index contributed by atoms with van der Waals surface area (Å²) >= 11 is 0. The van der Waals surface area contributed by atoms with E-state index >= 15 is 0 Å². The molecule has 0 unspecified atom stereocenters. The predicted molar refractivity (Wildman–Crippen MR) is 107 cm³/mol. The Balaban J connectivity index is 1.60. The SMILES string of the molecule is N#Cc1ccc(C(=O)Nc2ccc(CN(CCCN)C(=O)C3CC3)cc2)cc1. The summed E-state index contributed by atoms with van der Waals surface area (Å²) in [6.45, 7) is 1.79. The molecule has 0 radical (unpaired) electrons. The Hall–Kier alpha value is -3.17. The van der Waals surface area contributed by atoms with E-state index in [1.54, 1.807) is 24.3 Å². The van der Waals surface area contributed by atoms with Crippen molar-refractivity contribution in [1.29, 1.82) is 5.26 Å². The van der Waals surface area contributed by atoms with E-state index in [0.717, 1.165) is 24.8 Å². The summed E-state index contributed by atoms with van der Waals surface area (Å²) in [7, 11) is 0. The predicted octanol–water partition coefficient (Wildman–Crippen LogP) is 2.90. The minimum absolute atomic E-state index is 0.184. The van der Waals surface area contributed by atoms with E-state index in [0.29, 0.717) is 36.4 Å². The van der Waals surface area contributed by atoms with Gasteiger partial charge in [-0.3, -0.25) is 9.59 Å². The molecule has 0 heterocycles. The van der Waals surface area contributed by atoms with Crippen LogP contribution in [0.1, 0.15) is 40.7 Å². The van der Waals surface area contributed by atoms with Crippen LogP contribution < -0.4 is 11.1 Å². The van der Waals surface area contributed by atoms with Crippen molar-refractivity contribution in [1.82, 2.24) is 4.90 Å². The minimum atomic E-state index is -0.231. The summed E-state index contributed by atoms with van der Waals surface area (Å²) in [5.41, 5.74) is 8.30. The molecule has 0 spiro atoms. The molecule has 1 fully saturated rings. The van der Waals surface area contributed by atoms with Crippen LogP contribution in [-0.4, -0.2) is 29.8 Å². The van der Waals surface area contributed by atoms with Crippen molar-refractivity contribution in [3.05, 3.63) is 65.2 Å². The van der Waals surface area contributed by atoms with Crippen molar-refractivity contribution >= 4 is 17.5 Å². The van der Waals surface area contributed by atoms with Gasteiger partial charge in [0.2, 0.25) is 5.91 Å². The van der Waals surface area contributed by atoms with Gasteiger partial charge in [-0.05, 0) is 67.8 Å². The zero-order valence-electron chi connectivity index (χ0n) is 15.7. The molecule has 3 N–H and O–H groups in total. The van der Waals surface area contributed by atoms with Crippen molar-refractivity contribution in [2.45, 2.75) is 25.8 Å². The van der Waals surface area contributed by atoms with E-state index in [-0.39, 0.29) is 17.7 Å². The van der Waals surface area contributed by atoms with Gasteiger partial charge in [-0.25, -0.2) is 0 Å². The number of nitrogens with zero attached hydrogens (tertiary/aromatic N) is 2. The molecule has 0 aliphatic heterocycles. The lowest BCUT2D eigenvalue weighted by Crippen LogP contribution is -2.33. The molecule has 1 aliphatic rings. The largest absolute Gasteiger partial charge is 0.338 e. The fourth-order valence-electron chi connectivity index (χ4n) is 2.95. The van der Waals surface area contributed by atoms with Gasteiger partial charge in [-0.1, -0.05) is 12.1 Å². The lowest BCUT2D eigenvalue weighted by Gasteiger charge is -2.23. The summed E-state index contributed by atoms with van der Waals surface area (Å²) in [6, 6.07) is 16.0.